The van der Waals surface area contributed by atoms with Crippen LogP contribution in [0.1, 0.15) is 24.4 Å². The lowest BCUT2D eigenvalue weighted by Crippen LogP contribution is -2.46. The average molecular weight is 456 g/mol. The molecule has 0 spiro atoms. The number of para-hydroxylation sites is 1. The number of rotatable bonds is 5. The number of allylic oxidation sites excluding steroid dienone is 1. The number of methoxy groups -OCH3 is 1. The molecule has 0 fully saturated rings. The van der Waals surface area contributed by atoms with Crippen molar-refractivity contribution in [3.05, 3.63) is 102 Å². The molecule has 170 valence electrons. The van der Waals surface area contributed by atoms with Gasteiger partial charge in [0.15, 0.2) is 0 Å². The van der Waals surface area contributed by atoms with E-state index in [0.717, 1.165) is 5.56 Å². The molecule has 34 heavy (non-hydrogen) atoms. The molecule has 4 aromatic rings. The Kier molecular flexibility index (Phi) is 5.55. The van der Waals surface area contributed by atoms with E-state index in [0.29, 0.717) is 34.1 Å². The molecule has 0 aliphatic carbocycles. The van der Waals surface area contributed by atoms with Gasteiger partial charge in [-0.05, 0) is 48.9 Å². The van der Waals surface area contributed by atoms with E-state index in [-0.39, 0.29) is 17.7 Å². The summed E-state index contributed by atoms with van der Waals surface area (Å²) in [6.07, 6.45) is 0. The summed E-state index contributed by atoms with van der Waals surface area (Å²) in [6, 6.07) is 21.7. The van der Waals surface area contributed by atoms with Gasteiger partial charge in [0, 0.05) is 11.3 Å². The first-order chi connectivity index (χ1) is 16.5. The Bertz CT molecular complexity index is 1370. The highest BCUT2D eigenvalue weighted by Crippen LogP contribution is 2.39. The molecular formula is C26H21FN4O3. The van der Waals surface area contributed by atoms with E-state index in [9.17, 15) is 9.18 Å². The van der Waals surface area contributed by atoms with Crippen LogP contribution in [0.2, 0.25) is 0 Å². The smallest absolute Gasteiger partial charge is 0.326 e. The van der Waals surface area contributed by atoms with Crippen molar-refractivity contribution < 1.29 is 18.4 Å². The van der Waals surface area contributed by atoms with Crippen LogP contribution in [-0.2, 0) is 0 Å². The Morgan fingerprint density at radius 3 is 2.53 bits per heavy atom. The van der Waals surface area contributed by atoms with E-state index < -0.39 is 6.04 Å². The highest BCUT2D eigenvalue weighted by Gasteiger charge is 2.36. The number of carbonyl (C=O) groups is 1. The molecule has 0 saturated carbocycles. The molecular weight excluding hydrogens is 435 g/mol. The van der Waals surface area contributed by atoms with Gasteiger partial charge in [-0.3, -0.25) is 4.90 Å². The maximum atomic E-state index is 13.6. The molecule has 5 rings (SSSR count). The molecule has 8 heteroatoms. The lowest BCUT2D eigenvalue weighted by atomic mass is 9.94. The average Bonchev–Trinajstić information content (AvgIpc) is 3.35. The predicted molar refractivity (Wildman–Crippen MR) is 125 cm³/mol. The zero-order chi connectivity index (χ0) is 23.7. The maximum Gasteiger partial charge on any atom is 0.326 e. The third-order valence-electron chi connectivity index (χ3n) is 5.69. The normalized spacial score (nSPS) is 15.9. The van der Waals surface area contributed by atoms with E-state index in [4.69, 9.17) is 9.26 Å². The van der Waals surface area contributed by atoms with Gasteiger partial charge in [0.2, 0.25) is 5.82 Å². The summed E-state index contributed by atoms with van der Waals surface area (Å²) in [5, 5.41) is 7.17. The monoisotopic (exact) mass is 456 g/mol. The summed E-state index contributed by atoms with van der Waals surface area (Å²) in [5.41, 5.74) is 3.37. The summed E-state index contributed by atoms with van der Waals surface area (Å²) < 4.78 is 24.6. The minimum Gasteiger partial charge on any atom is -0.497 e. The fraction of sp³-hybridized carbons (Fsp3) is 0.115. The van der Waals surface area contributed by atoms with E-state index in [2.05, 4.69) is 15.5 Å². The molecule has 2 amide bonds. The number of amides is 2. The summed E-state index contributed by atoms with van der Waals surface area (Å²) in [7, 11) is 1.59. The standard InChI is InChI=1S/C26H21FN4O3/c1-16-22(25-29-24(30-34-25)18-7-6-10-21(15-18)33-2)23(17-11-13-19(27)14-12-17)28-26(32)31(16)20-8-4-3-5-9-20/h3-15,23H,1-2H3,(H,28,32). The number of carbonyl (C=O) groups excluding carboxylic acids is 1. The molecule has 1 aliphatic heterocycles. The molecule has 1 N–H and O–H groups in total. The second-order valence-electron chi connectivity index (χ2n) is 7.76. The summed E-state index contributed by atoms with van der Waals surface area (Å²) in [4.78, 5) is 19.3. The van der Waals surface area contributed by atoms with Crippen molar-refractivity contribution in [3.8, 4) is 17.1 Å². The van der Waals surface area contributed by atoms with Gasteiger partial charge in [-0.25, -0.2) is 9.18 Å². The van der Waals surface area contributed by atoms with Gasteiger partial charge in [0.05, 0.1) is 24.4 Å². The van der Waals surface area contributed by atoms with Gasteiger partial charge >= 0.3 is 6.03 Å². The van der Waals surface area contributed by atoms with Crippen molar-refractivity contribution in [3.63, 3.8) is 0 Å². The number of ether oxygens (including phenoxy) is 1. The van der Waals surface area contributed by atoms with E-state index in [1.54, 1.807) is 24.1 Å². The molecule has 0 radical (unpaired) electrons. The van der Waals surface area contributed by atoms with Crippen LogP contribution < -0.4 is 15.0 Å². The first-order valence-corrected chi connectivity index (χ1v) is 10.7. The topological polar surface area (TPSA) is 80.5 Å². The van der Waals surface area contributed by atoms with Gasteiger partial charge < -0.3 is 14.6 Å². The maximum absolute atomic E-state index is 13.6. The third-order valence-corrected chi connectivity index (χ3v) is 5.69. The molecule has 1 unspecified atom stereocenters. The van der Waals surface area contributed by atoms with Crippen molar-refractivity contribution >= 4 is 17.3 Å². The zero-order valence-corrected chi connectivity index (χ0v) is 18.5. The fourth-order valence-electron chi connectivity index (χ4n) is 4.03. The first kappa shape index (κ1) is 21.4. The molecule has 1 aliphatic rings. The highest BCUT2D eigenvalue weighted by atomic mass is 19.1. The Balaban J connectivity index is 1.64. The number of aromatic nitrogens is 2. The minimum absolute atomic E-state index is 0.255. The van der Waals surface area contributed by atoms with Crippen molar-refractivity contribution in [2.45, 2.75) is 13.0 Å². The van der Waals surface area contributed by atoms with E-state index in [1.807, 2.05) is 61.5 Å². The molecule has 7 nitrogen and oxygen atoms in total. The Hall–Kier alpha value is -4.46. The number of anilines is 1. The predicted octanol–water partition coefficient (Wildman–Crippen LogP) is 5.59. The summed E-state index contributed by atoms with van der Waals surface area (Å²) >= 11 is 0. The van der Waals surface area contributed by atoms with Gasteiger partial charge in [0.1, 0.15) is 11.6 Å². The SMILES string of the molecule is COc1cccc(-c2noc(C3=C(C)N(c4ccccc4)C(=O)NC3c3ccc(F)cc3)n2)c1. The van der Waals surface area contributed by atoms with Crippen molar-refractivity contribution in [1.82, 2.24) is 15.5 Å². The van der Waals surface area contributed by atoms with Crippen LogP contribution >= 0.6 is 0 Å². The van der Waals surface area contributed by atoms with Crippen LogP contribution in [-0.4, -0.2) is 23.3 Å². The highest BCUT2D eigenvalue weighted by molar-refractivity contribution is 6.01. The number of nitrogens with one attached hydrogen (secondary N) is 1. The Labute approximate surface area is 195 Å². The summed E-state index contributed by atoms with van der Waals surface area (Å²) in [5.74, 6) is 0.946. The molecule has 0 saturated heterocycles. The van der Waals surface area contributed by atoms with Crippen LogP contribution in [0.4, 0.5) is 14.9 Å². The number of hydrogen-bond acceptors (Lipinski definition) is 5. The molecule has 3 aromatic carbocycles. The van der Waals surface area contributed by atoms with Gasteiger partial charge in [0.25, 0.3) is 5.89 Å². The molecule has 1 atom stereocenters. The van der Waals surface area contributed by atoms with Crippen LogP contribution in [0.25, 0.3) is 17.0 Å². The largest absolute Gasteiger partial charge is 0.497 e. The molecule has 0 bridgehead atoms. The molecule has 1 aromatic heterocycles. The first-order valence-electron chi connectivity index (χ1n) is 10.7. The van der Waals surface area contributed by atoms with Crippen molar-refractivity contribution in [2.75, 3.05) is 12.0 Å². The van der Waals surface area contributed by atoms with E-state index >= 15 is 0 Å². The fourth-order valence-corrected chi connectivity index (χ4v) is 4.03. The second kappa shape index (κ2) is 8.82. The van der Waals surface area contributed by atoms with Crippen molar-refractivity contribution in [2.24, 2.45) is 0 Å². The van der Waals surface area contributed by atoms with Gasteiger partial charge in [-0.15, -0.1) is 0 Å². The quantitative estimate of drug-likeness (QED) is 0.424. The van der Waals surface area contributed by atoms with Crippen LogP contribution in [0.5, 0.6) is 5.75 Å². The second-order valence-corrected chi connectivity index (χ2v) is 7.76. The van der Waals surface area contributed by atoms with Crippen molar-refractivity contribution in [1.29, 1.82) is 0 Å². The number of hydrogen-bond donors (Lipinski definition) is 1. The van der Waals surface area contributed by atoms with Crippen LogP contribution in [0.15, 0.2) is 89.1 Å². The number of benzene rings is 3. The lowest BCUT2D eigenvalue weighted by molar-refractivity contribution is 0.244. The van der Waals surface area contributed by atoms with E-state index in [1.165, 1.54) is 12.1 Å². The Morgan fingerprint density at radius 1 is 1.03 bits per heavy atom. The number of nitrogens with zero attached hydrogens (tertiary/aromatic N) is 3. The number of urea groups is 1. The lowest BCUT2D eigenvalue weighted by Gasteiger charge is -2.35. The van der Waals surface area contributed by atoms with Crippen LogP contribution in [0, 0.1) is 5.82 Å². The third kappa shape index (κ3) is 3.90. The molecule has 2 heterocycles. The Morgan fingerprint density at radius 2 is 1.79 bits per heavy atom. The van der Waals surface area contributed by atoms with Gasteiger partial charge in [-0.2, -0.15) is 4.98 Å². The van der Waals surface area contributed by atoms with Gasteiger partial charge in [-0.1, -0.05) is 47.6 Å². The minimum atomic E-state index is -0.605. The zero-order valence-electron chi connectivity index (χ0n) is 18.5. The summed E-state index contributed by atoms with van der Waals surface area (Å²) in [6.45, 7) is 1.83. The number of halogens is 1. The van der Waals surface area contributed by atoms with Crippen LogP contribution in [0.3, 0.4) is 0 Å².